The number of aromatic hydroxyl groups is 1. The molecule has 3 aromatic rings. The number of benzene rings is 3. The summed E-state index contributed by atoms with van der Waals surface area (Å²) in [5.41, 5.74) is 5.05. The van der Waals surface area contributed by atoms with Crippen LogP contribution in [0.1, 0.15) is 69.1 Å². The molecule has 0 saturated heterocycles. The van der Waals surface area contributed by atoms with Gasteiger partial charge in [-0.25, -0.2) is 4.39 Å². The number of carboxylic acid groups (broad SMARTS) is 1. The van der Waals surface area contributed by atoms with E-state index >= 15 is 0 Å². The first-order chi connectivity index (χ1) is 17.7. The first-order valence-corrected chi connectivity index (χ1v) is 13.0. The Morgan fingerprint density at radius 3 is 2.41 bits per heavy atom. The Kier molecular flexibility index (Phi) is 8.32. The fourth-order valence-electron chi connectivity index (χ4n) is 4.53. The predicted octanol–water partition coefficient (Wildman–Crippen LogP) is 8.17. The number of phenolic OH excluding ortho intramolecular Hbond substituents is 1. The van der Waals surface area contributed by atoms with Gasteiger partial charge in [-0.3, -0.25) is 4.79 Å². The summed E-state index contributed by atoms with van der Waals surface area (Å²) in [6.07, 6.45) is 9.23. The molecule has 1 saturated carbocycles. The number of carbonyl (C=O) groups is 1. The van der Waals surface area contributed by atoms with E-state index in [1.54, 1.807) is 0 Å². The van der Waals surface area contributed by atoms with E-state index in [4.69, 9.17) is 9.84 Å². The lowest BCUT2D eigenvalue weighted by molar-refractivity contribution is -0.136. The van der Waals surface area contributed by atoms with Gasteiger partial charge in [-0.2, -0.15) is 0 Å². The number of allylic oxidation sites excluding steroid dienone is 2. The summed E-state index contributed by atoms with van der Waals surface area (Å²) >= 11 is 0. The van der Waals surface area contributed by atoms with Crippen LogP contribution in [0.3, 0.4) is 0 Å². The molecule has 0 atom stereocenters. The molecular formula is C32H35FO4. The molecule has 2 N–H and O–H groups in total. The van der Waals surface area contributed by atoms with Crippen molar-refractivity contribution < 1.29 is 24.1 Å². The van der Waals surface area contributed by atoms with Gasteiger partial charge in [0.15, 0.2) is 0 Å². The zero-order valence-electron chi connectivity index (χ0n) is 21.6. The lowest BCUT2D eigenvalue weighted by Crippen LogP contribution is -2.10. The van der Waals surface area contributed by atoms with E-state index in [-0.39, 0.29) is 23.4 Å². The Bertz CT molecular complexity index is 1290. The van der Waals surface area contributed by atoms with Crippen LogP contribution in [0.25, 0.3) is 16.7 Å². The van der Waals surface area contributed by atoms with Crippen LogP contribution < -0.4 is 4.74 Å². The average Bonchev–Trinajstić information content (AvgIpc) is 3.72. The molecule has 0 spiro atoms. The zero-order valence-corrected chi connectivity index (χ0v) is 21.6. The van der Waals surface area contributed by atoms with Crippen molar-refractivity contribution in [2.75, 3.05) is 0 Å². The van der Waals surface area contributed by atoms with E-state index in [9.17, 15) is 14.3 Å². The van der Waals surface area contributed by atoms with Crippen LogP contribution in [0, 0.1) is 11.2 Å². The van der Waals surface area contributed by atoms with Crippen molar-refractivity contribution in [3.8, 4) is 22.6 Å². The van der Waals surface area contributed by atoms with Crippen molar-refractivity contribution in [1.29, 1.82) is 0 Å². The van der Waals surface area contributed by atoms with Gasteiger partial charge in [0.1, 0.15) is 23.9 Å². The van der Waals surface area contributed by atoms with Crippen molar-refractivity contribution in [2.45, 2.75) is 65.4 Å². The molecule has 3 aromatic carbocycles. The van der Waals surface area contributed by atoms with E-state index in [0.29, 0.717) is 24.3 Å². The molecular weight excluding hydrogens is 467 g/mol. The standard InChI is InChI=1S/C29H29FO4.C3H6/c1-29(2)14-4-7-26(29)24-16-20(8-11-23(24)25-17-21(31)10-12-27(25)30)18-34-22-6-3-5-19(15-22)9-13-28(32)33;1-2-3-1/h3,5-8,10-12,15-17,31H,4,9,13-14,18H2,1-2H3,(H,32,33);1-3H2. The third-order valence-electron chi connectivity index (χ3n) is 6.75. The summed E-state index contributed by atoms with van der Waals surface area (Å²) in [6.45, 7) is 4.71. The van der Waals surface area contributed by atoms with Crippen LogP contribution in [-0.2, 0) is 17.8 Å². The molecule has 5 heteroatoms. The summed E-state index contributed by atoms with van der Waals surface area (Å²) in [6, 6.07) is 17.4. The Labute approximate surface area is 218 Å². The van der Waals surface area contributed by atoms with E-state index in [2.05, 4.69) is 19.9 Å². The molecule has 2 aliphatic carbocycles. The third-order valence-corrected chi connectivity index (χ3v) is 6.75. The van der Waals surface area contributed by atoms with E-state index in [1.807, 2.05) is 42.5 Å². The second kappa shape index (κ2) is 11.6. The first-order valence-electron chi connectivity index (χ1n) is 13.0. The van der Waals surface area contributed by atoms with Crippen LogP contribution in [0.4, 0.5) is 4.39 Å². The number of ether oxygens (including phenoxy) is 1. The Hall–Kier alpha value is -3.60. The molecule has 0 bridgehead atoms. The van der Waals surface area contributed by atoms with Gasteiger partial charge in [0.25, 0.3) is 0 Å². The average molecular weight is 503 g/mol. The van der Waals surface area contributed by atoms with Gasteiger partial charge < -0.3 is 14.9 Å². The van der Waals surface area contributed by atoms with E-state index in [0.717, 1.165) is 35.1 Å². The smallest absolute Gasteiger partial charge is 0.303 e. The maximum absolute atomic E-state index is 14.7. The second-order valence-electron chi connectivity index (χ2n) is 10.5. The van der Waals surface area contributed by atoms with Gasteiger partial charge >= 0.3 is 5.97 Å². The SMILES string of the molecule is C1CC1.CC1(C)CCC=C1c1cc(COc2cccc(CCC(=O)O)c2)ccc1-c1cc(O)ccc1F. The highest BCUT2D eigenvalue weighted by atomic mass is 19.1. The Morgan fingerprint density at radius 1 is 0.946 bits per heavy atom. The van der Waals surface area contributed by atoms with E-state index in [1.165, 1.54) is 43.0 Å². The van der Waals surface area contributed by atoms with Crippen LogP contribution in [0.15, 0.2) is 66.7 Å². The molecule has 0 aliphatic heterocycles. The van der Waals surface area contributed by atoms with Crippen LogP contribution in [-0.4, -0.2) is 16.2 Å². The van der Waals surface area contributed by atoms with Gasteiger partial charge in [0.2, 0.25) is 0 Å². The fraction of sp³-hybridized carbons (Fsp3) is 0.344. The molecule has 0 radical (unpaired) electrons. The summed E-state index contributed by atoms with van der Waals surface area (Å²) in [5.74, 6) is -0.506. The van der Waals surface area contributed by atoms with Crippen LogP contribution in [0.2, 0.25) is 0 Å². The number of carboxylic acids is 1. The topological polar surface area (TPSA) is 66.8 Å². The number of aliphatic carboxylic acids is 1. The first kappa shape index (κ1) is 26.5. The molecule has 0 aromatic heterocycles. The monoisotopic (exact) mass is 502 g/mol. The number of aryl methyl sites for hydroxylation is 1. The van der Waals surface area contributed by atoms with Crippen molar-refractivity contribution in [1.82, 2.24) is 0 Å². The molecule has 5 rings (SSSR count). The predicted molar refractivity (Wildman–Crippen MR) is 145 cm³/mol. The minimum atomic E-state index is -0.828. The largest absolute Gasteiger partial charge is 0.508 e. The summed E-state index contributed by atoms with van der Waals surface area (Å²) < 4.78 is 20.8. The number of phenols is 1. The molecule has 2 aliphatic rings. The molecule has 4 nitrogen and oxygen atoms in total. The third kappa shape index (κ3) is 7.22. The van der Waals surface area contributed by atoms with Gasteiger partial charge in [-0.15, -0.1) is 0 Å². The molecule has 1 fully saturated rings. The van der Waals surface area contributed by atoms with Gasteiger partial charge in [0.05, 0.1) is 0 Å². The lowest BCUT2D eigenvalue weighted by Gasteiger charge is -2.25. The van der Waals surface area contributed by atoms with Crippen molar-refractivity contribution >= 4 is 11.5 Å². The lowest BCUT2D eigenvalue weighted by atomic mass is 9.79. The van der Waals surface area contributed by atoms with Gasteiger partial charge in [-0.1, -0.05) is 63.5 Å². The highest BCUT2D eigenvalue weighted by molar-refractivity contribution is 5.85. The quantitative estimate of drug-likeness (QED) is 0.326. The van der Waals surface area contributed by atoms with Crippen molar-refractivity contribution in [2.24, 2.45) is 5.41 Å². The number of halogens is 1. The normalized spacial score (nSPS) is 15.4. The zero-order chi connectivity index (χ0) is 26.4. The summed E-state index contributed by atoms with van der Waals surface area (Å²) in [4.78, 5) is 10.9. The number of hydrogen-bond donors (Lipinski definition) is 2. The Morgan fingerprint density at radius 2 is 1.73 bits per heavy atom. The fourth-order valence-corrected chi connectivity index (χ4v) is 4.53. The minimum Gasteiger partial charge on any atom is -0.508 e. The Balaban J connectivity index is 0.000000994. The van der Waals surface area contributed by atoms with E-state index < -0.39 is 5.97 Å². The van der Waals surface area contributed by atoms with Gasteiger partial charge in [-0.05, 0) is 88.9 Å². The van der Waals surface area contributed by atoms with Crippen molar-refractivity contribution in [3.63, 3.8) is 0 Å². The van der Waals surface area contributed by atoms with Gasteiger partial charge in [0, 0.05) is 12.0 Å². The molecule has 194 valence electrons. The maximum Gasteiger partial charge on any atom is 0.303 e. The van der Waals surface area contributed by atoms with Crippen LogP contribution in [0.5, 0.6) is 11.5 Å². The molecule has 37 heavy (non-hydrogen) atoms. The molecule has 0 unspecified atom stereocenters. The maximum atomic E-state index is 14.7. The highest BCUT2D eigenvalue weighted by Crippen LogP contribution is 2.47. The van der Waals surface area contributed by atoms with Crippen molar-refractivity contribution in [3.05, 3.63) is 89.2 Å². The molecule has 0 amide bonds. The minimum absolute atomic E-state index is 0.0252. The summed E-state index contributed by atoms with van der Waals surface area (Å²) in [7, 11) is 0. The number of hydrogen-bond acceptors (Lipinski definition) is 3. The summed E-state index contributed by atoms with van der Waals surface area (Å²) in [5, 5.41) is 18.9. The van der Waals surface area contributed by atoms with Crippen LogP contribution >= 0.6 is 0 Å². The molecule has 0 heterocycles. The number of rotatable bonds is 8. The highest BCUT2D eigenvalue weighted by Gasteiger charge is 2.30. The second-order valence-corrected chi connectivity index (χ2v) is 10.5.